The summed E-state index contributed by atoms with van der Waals surface area (Å²) in [5, 5.41) is 8.75. The highest BCUT2D eigenvalue weighted by Gasteiger charge is 2.16. The number of hydrogen-bond donors (Lipinski definition) is 1. The van der Waals surface area contributed by atoms with E-state index in [4.69, 9.17) is 5.11 Å². The molecule has 0 spiro atoms. The number of carbonyl (C=O) groups excluding carboxylic acids is 1. The normalized spacial score (nSPS) is 11.9. The number of carbonyl (C=O) groups is 2. The fourth-order valence-electron chi connectivity index (χ4n) is 1.43. The Hall–Kier alpha value is -1.84. The van der Waals surface area contributed by atoms with Crippen LogP contribution in [0.3, 0.4) is 0 Å². The lowest BCUT2D eigenvalue weighted by atomic mass is 10.1. The zero-order valence-corrected chi connectivity index (χ0v) is 10.3. The predicted octanol–water partition coefficient (Wildman–Crippen LogP) is 2.26. The van der Waals surface area contributed by atoms with E-state index in [0.717, 1.165) is 6.42 Å². The molecule has 92 valence electrons. The Kier molecular flexibility index (Phi) is 4.26. The van der Waals surface area contributed by atoms with E-state index in [9.17, 15) is 9.59 Å². The van der Waals surface area contributed by atoms with Gasteiger partial charge in [-0.2, -0.15) is 0 Å². The topological polar surface area (TPSA) is 57.6 Å². The molecule has 0 aromatic heterocycles. The van der Waals surface area contributed by atoms with Gasteiger partial charge in [0, 0.05) is 18.7 Å². The summed E-state index contributed by atoms with van der Waals surface area (Å²) in [6.45, 7) is 3.99. The van der Waals surface area contributed by atoms with E-state index in [1.807, 2.05) is 13.8 Å². The lowest BCUT2D eigenvalue weighted by Crippen LogP contribution is -2.34. The average Bonchev–Trinajstić information content (AvgIpc) is 2.36. The number of amides is 1. The van der Waals surface area contributed by atoms with E-state index in [0.29, 0.717) is 5.56 Å². The summed E-state index contributed by atoms with van der Waals surface area (Å²) in [7, 11) is 1.75. The largest absolute Gasteiger partial charge is 0.478 e. The molecule has 0 radical (unpaired) electrons. The van der Waals surface area contributed by atoms with Gasteiger partial charge < -0.3 is 10.0 Å². The maximum atomic E-state index is 12.0. The summed E-state index contributed by atoms with van der Waals surface area (Å²) in [6, 6.07) is 6.15. The van der Waals surface area contributed by atoms with Gasteiger partial charge in [-0.05, 0) is 37.6 Å². The van der Waals surface area contributed by atoms with Crippen LogP contribution in [0.2, 0.25) is 0 Å². The average molecular weight is 235 g/mol. The van der Waals surface area contributed by atoms with Crippen LogP contribution in [0, 0.1) is 0 Å². The van der Waals surface area contributed by atoms with Crippen LogP contribution in [0.25, 0.3) is 0 Å². The van der Waals surface area contributed by atoms with Crippen molar-refractivity contribution in [2.45, 2.75) is 26.3 Å². The Morgan fingerprint density at radius 3 is 2.12 bits per heavy atom. The minimum absolute atomic E-state index is 0.0868. The predicted molar refractivity (Wildman–Crippen MR) is 65.2 cm³/mol. The molecule has 1 unspecified atom stereocenters. The molecule has 0 aliphatic carbocycles. The van der Waals surface area contributed by atoms with Crippen LogP contribution < -0.4 is 0 Å². The Bertz CT molecular complexity index is 411. The van der Waals surface area contributed by atoms with Gasteiger partial charge in [-0.1, -0.05) is 6.92 Å². The molecule has 1 atom stereocenters. The van der Waals surface area contributed by atoms with Gasteiger partial charge in [0.25, 0.3) is 5.91 Å². The molecular weight excluding hydrogens is 218 g/mol. The highest BCUT2D eigenvalue weighted by atomic mass is 16.4. The van der Waals surface area contributed by atoms with Gasteiger partial charge in [-0.3, -0.25) is 4.79 Å². The van der Waals surface area contributed by atoms with Crippen molar-refractivity contribution in [2.75, 3.05) is 7.05 Å². The molecule has 0 aliphatic heterocycles. The first kappa shape index (κ1) is 13.2. The smallest absolute Gasteiger partial charge is 0.335 e. The van der Waals surface area contributed by atoms with Crippen molar-refractivity contribution in [1.29, 1.82) is 0 Å². The van der Waals surface area contributed by atoms with E-state index in [1.54, 1.807) is 24.1 Å². The summed E-state index contributed by atoms with van der Waals surface area (Å²) >= 11 is 0. The van der Waals surface area contributed by atoms with Crippen molar-refractivity contribution in [2.24, 2.45) is 0 Å². The first-order valence-corrected chi connectivity index (χ1v) is 5.57. The third-order valence-electron chi connectivity index (χ3n) is 2.95. The van der Waals surface area contributed by atoms with Gasteiger partial charge in [-0.25, -0.2) is 4.79 Å². The standard InChI is InChI=1S/C13H17NO3/c1-4-9(2)14(3)12(15)10-5-7-11(8-6-10)13(16)17/h5-9H,4H2,1-3H3,(H,16,17). The number of hydrogen-bond acceptors (Lipinski definition) is 2. The van der Waals surface area contributed by atoms with Crippen molar-refractivity contribution < 1.29 is 14.7 Å². The van der Waals surface area contributed by atoms with Crippen LogP contribution in [0.5, 0.6) is 0 Å². The zero-order valence-electron chi connectivity index (χ0n) is 10.3. The molecule has 0 saturated carbocycles. The Morgan fingerprint density at radius 2 is 1.71 bits per heavy atom. The number of carboxylic acids is 1. The molecule has 17 heavy (non-hydrogen) atoms. The van der Waals surface area contributed by atoms with Gasteiger partial charge >= 0.3 is 5.97 Å². The third kappa shape index (κ3) is 3.06. The Balaban J connectivity index is 2.86. The molecule has 1 aromatic carbocycles. The van der Waals surface area contributed by atoms with Gasteiger partial charge in [-0.15, -0.1) is 0 Å². The molecule has 1 amide bonds. The summed E-state index contributed by atoms with van der Waals surface area (Å²) in [4.78, 5) is 24.3. The van der Waals surface area contributed by atoms with Crippen molar-refractivity contribution in [3.05, 3.63) is 35.4 Å². The van der Waals surface area contributed by atoms with Gasteiger partial charge in [0.2, 0.25) is 0 Å². The number of benzene rings is 1. The number of rotatable bonds is 4. The number of nitrogens with zero attached hydrogens (tertiary/aromatic N) is 1. The molecule has 4 nitrogen and oxygen atoms in total. The maximum absolute atomic E-state index is 12.0. The fraction of sp³-hybridized carbons (Fsp3) is 0.385. The fourth-order valence-corrected chi connectivity index (χ4v) is 1.43. The van der Waals surface area contributed by atoms with Crippen molar-refractivity contribution in [3.63, 3.8) is 0 Å². The maximum Gasteiger partial charge on any atom is 0.335 e. The first-order chi connectivity index (χ1) is 7.97. The molecule has 1 rings (SSSR count). The van der Waals surface area contributed by atoms with Crippen LogP contribution in [-0.4, -0.2) is 35.0 Å². The molecule has 4 heteroatoms. The SMILES string of the molecule is CCC(C)N(C)C(=O)c1ccc(C(=O)O)cc1. The van der Waals surface area contributed by atoms with Gasteiger partial charge in [0.05, 0.1) is 5.56 Å². The quantitative estimate of drug-likeness (QED) is 0.870. The van der Waals surface area contributed by atoms with Gasteiger partial charge in [0.1, 0.15) is 0 Å². The summed E-state index contributed by atoms with van der Waals surface area (Å²) in [5.41, 5.74) is 0.700. The molecular formula is C13H17NO3. The first-order valence-electron chi connectivity index (χ1n) is 5.57. The Morgan fingerprint density at radius 1 is 1.24 bits per heavy atom. The molecule has 0 bridgehead atoms. The van der Waals surface area contributed by atoms with E-state index >= 15 is 0 Å². The minimum Gasteiger partial charge on any atom is -0.478 e. The molecule has 1 N–H and O–H groups in total. The summed E-state index contributed by atoms with van der Waals surface area (Å²) < 4.78 is 0. The molecule has 0 saturated heterocycles. The van der Waals surface area contributed by atoms with Gasteiger partial charge in [0.15, 0.2) is 0 Å². The lowest BCUT2D eigenvalue weighted by Gasteiger charge is -2.23. The Labute approximate surface area is 101 Å². The van der Waals surface area contributed by atoms with E-state index in [-0.39, 0.29) is 17.5 Å². The van der Waals surface area contributed by atoms with Crippen LogP contribution in [0.1, 0.15) is 41.0 Å². The van der Waals surface area contributed by atoms with E-state index in [1.165, 1.54) is 12.1 Å². The molecule has 0 aliphatic rings. The van der Waals surface area contributed by atoms with E-state index < -0.39 is 5.97 Å². The summed E-state index contributed by atoms with van der Waals surface area (Å²) in [5.74, 6) is -1.07. The third-order valence-corrected chi connectivity index (χ3v) is 2.95. The molecule has 0 heterocycles. The number of aromatic carboxylic acids is 1. The highest BCUT2D eigenvalue weighted by molar-refractivity contribution is 5.95. The van der Waals surface area contributed by atoms with Crippen LogP contribution in [0.4, 0.5) is 0 Å². The second kappa shape index (κ2) is 5.48. The summed E-state index contributed by atoms with van der Waals surface area (Å²) in [6.07, 6.45) is 0.884. The van der Waals surface area contributed by atoms with Crippen molar-refractivity contribution >= 4 is 11.9 Å². The van der Waals surface area contributed by atoms with Crippen molar-refractivity contribution in [1.82, 2.24) is 4.90 Å². The zero-order chi connectivity index (χ0) is 13.0. The van der Waals surface area contributed by atoms with Crippen molar-refractivity contribution in [3.8, 4) is 0 Å². The molecule has 0 fully saturated rings. The monoisotopic (exact) mass is 235 g/mol. The lowest BCUT2D eigenvalue weighted by molar-refractivity contribution is 0.0693. The highest BCUT2D eigenvalue weighted by Crippen LogP contribution is 2.10. The van der Waals surface area contributed by atoms with E-state index in [2.05, 4.69) is 0 Å². The second-order valence-electron chi connectivity index (χ2n) is 4.06. The van der Waals surface area contributed by atoms with Crippen LogP contribution in [0.15, 0.2) is 24.3 Å². The minimum atomic E-state index is -0.987. The second-order valence-corrected chi connectivity index (χ2v) is 4.06. The van der Waals surface area contributed by atoms with Crippen LogP contribution >= 0.6 is 0 Å². The molecule has 1 aromatic rings. The number of carboxylic acid groups (broad SMARTS) is 1. The van der Waals surface area contributed by atoms with Crippen LogP contribution in [-0.2, 0) is 0 Å².